The van der Waals surface area contributed by atoms with E-state index in [1.807, 2.05) is 14.0 Å². The molecule has 1 atom stereocenters. The molecule has 3 rings (SSSR count). The van der Waals surface area contributed by atoms with Crippen LogP contribution in [0.25, 0.3) is 22.3 Å². The number of rotatable bonds is 3. The topological polar surface area (TPSA) is 25.2 Å². The molecule has 0 amide bonds. The van der Waals surface area contributed by atoms with Gasteiger partial charge in [-0.05, 0) is 43.8 Å². The van der Waals surface area contributed by atoms with Crippen molar-refractivity contribution in [2.45, 2.75) is 13.0 Å². The first-order chi connectivity index (χ1) is 10.1. The second-order valence-electron chi connectivity index (χ2n) is 5.01. The van der Waals surface area contributed by atoms with Gasteiger partial charge in [-0.2, -0.15) is 0 Å². The van der Waals surface area contributed by atoms with Gasteiger partial charge in [-0.15, -0.1) is 0 Å². The highest BCUT2D eigenvalue weighted by Gasteiger charge is 2.16. The van der Waals surface area contributed by atoms with Gasteiger partial charge in [0.15, 0.2) is 11.4 Å². The summed E-state index contributed by atoms with van der Waals surface area (Å²) in [5.74, 6) is -0.303. The number of hydrogen-bond donors (Lipinski definition) is 1. The molecule has 0 aliphatic heterocycles. The van der Waals surface area contributed by atoms with Crippen molar-refractivity contribution in [3.8, 4) is 11.3 Å². The molecule has 0 saturated heterocycles. The van der Waals surface area contributed by atoms with E-state index in [4.69, 9.17) is 4.42 Å². The highest BCUT2D eigenvalue weighted by molar-refractivity contribution is 5.83. The molecule has 21 heavy (non-hydrogen) atoms. The third-order valence-corrected chi connectivity index (χ3v) is 3.68. The molecular weight excluding hydrogens is 272 g/mol. The van der Waals surface area contributed by atoms with E-state index >= 15 is 0 Å². The normalized spacial score (nSPS) is 12.8. The lowest BCUT2D eigenvalue weighted by molar-refractivity contribution is 0.565. The fourth-order valence-electron chi connectivity index (χ4n) is 2.44. The number of fused-ring (bicyclic) bond motifs is 1. The molecule has 1 heterocycles. The van der Waals surface area contributed by atoms with E-state index in [-0.39, 0.29) is 17.4 Å². The number of para-hydroxylation sites is 1. The smallest absolute Gasteiger partial charge is 0.170 e. The summed E-state index contributed by atoms with van der Waals surface area (Å²) < 4.78 is 32.9. The van der Waals surface area contributed by atoms with Crippen molar-refractivity contribution in [2.24, 2.45) is 0 Å². The van der Waals surface area contributed by atoms with Crippen LogP contribution >= 0.6 is 0 Å². The predicted octanol–water partition coefficient (Wildman–Crippen LogP) is 4.66. The Morgan fingerprint density at radius 3 is 2.62 bits per heavy atom. The van der Waals surface area contributed by atoms with Crippen molar-refractivity contribution in [1.29, 1.82) is 0 Å². The fourth-order valence-corrected chi connectivity index (χ4v) is 2.44. The van der Waals surface area contributed by atoms with Gasteiger partial charge < -0.3 is 9.73 Å². The van der Waals surface area contributed by atoms with E-state index < -0.39 is 5.82 Å². The number of furan rings is 1. The van der Waals surface area contributed by atoms with E-state index in [9.17, 15) is 8.78 Å². The van der Waals surface area contributed by atoms with Crippen molar-refractivity contribution >= 4 is 11.0 Å². The summed E-state index contributed by atoms with van der Waals surface area (Å²) in [5.41, 5.74) is 1.73. The minimum Gasteiger partial charge on any atom is -0.453 e. The Bertz CT molecular complexity index is 795. The zero-order valence-corrected chi connectivity index (χ0v) is 11.8. The second kappa shape index (κ2) is 5.30. The summed E-state index contributed by atoms with van der Waals surface area (Å²) in [6.45, 7) is 1.97. The average molecular weight is 287 g/mol. The Morgan fingerprint density at radius 1 is 1.10 bits per heavy atom. The van der Waals surface area contributed by atoms with Crippen molar-refractivity contribution in [2.75, 3.05) is 7.05 Å². The maximum absolute atomic E-state index is 13.7. The van der Waals surface area contributed by atoms with Gasteiger partial charge in [-0.3, -0.25) is 0 Å². The van der Waals surface area contributed by atoms with E-state index in [2.05, 4.69) is 5.32 Å². The van der Waals surface area contributed by atoms with Gasteiger partial charge in [0, 0.05) is 17.0 Å². The Morgan fingerprint density at radius 2 is 1.90 bits per heavy atom. The third kappa shape index (κ3) is 2.43. The summed E-state index contributed by atoms with van der Waals surface area (Å²) in [4.78, 5) is 0. The lowest BCUT2D eigenvalue weighted by atomic mass is 9.99. The van der Waals surface area contributed by atoms with Crippen LogP contribution in [0.15, 0.2) is 46.9 Å². The van der Waals surface area contributed by atoms with E-state index in [0.29, 0.717) is 16.7 Å². The molecule has 0 radical (unpaired) electrons. The van der Waals surface area contributed by atoms with Gasteiger partial charge in [0.05, 0.1) is 0 Å². The minimum atomic E-state index is -0.418. The molecule has 2 aromatic carbocycles. The highest BCUT2D eigenvalue weighted by atomic mass is 19.1. The van der Waals surface area contributed by atoms with Crippen molar-refractivity contribution < 1.29 is 13.2 Å². The number of nitrogens with one attached hydrogen (secondary N) is 1. The van der Waals surface area contributed by atoms with Gasteiger partial charge >= 0.3 is 0 Å². The molecule has 0 aliphatic carbocycles. The summed E-state index contributed by atoms with van der Waals surface area (Å²) >= 11 is 0. The largest absolute Gasteiger partial charge is 0.453 e. The quantitative estimate of drug-likeness (QED) is 0.758. The standard InChI is InChI=1S/C17H15F2NO/c1-10(20-2)13-7-6-12(18)9-14(13)16-8-11-4-3-5-15(19)17(11)21-16/h3-10,20H,1-2H3. The predicted molar refractivity (Wildman–Crippen MR) is 79.0 cm³/mol. The van der Waals surface area contributed by atoms with Crippen LogP contribution in [0.1, 0.15) is 18.5 Å². The highest BCUT2D eigenvalue weighted by Crippen LogP contribution is 2.34. The maximum Gasteiger partial charge on any atom is 0.170 e. The Hall–Kier alpha value is -2.20. The molecule has 4 heteroatoms. The minimum absolute atomic E-state index is 0.0265. The van der Waals surface area contributed by atoms with Crippen LogP contribution in [-0.2, 0) is 0 Å². The summed E-state index contributed by atoms with van der Waals surface area (Å²) in [6, 6.07) is 11.0. The molecule has 0 aliphatic rings. The monoisotopic (exact) mass is 287 g/mol. The lowest BCUT2D eigenvalue weighted by Gasteiger charge is -2.14. The Kier molecular flexibility index (Phi) is 3.47. The molecule has 2 nitrogen and oxygen atoms in total. The summed E-state index contributed by atoms with van der Waals surface area (Å²) in [7, 11) is 1.83. The molecule has 1 N–H and O–H groups in total. The molecule has 0 bridgehead atoms. The first kappa shape index (κ1) is 13.8. The van der Waals surface area contributed by atoms with Gasteiger partial charge in [-0.1, -0.05) is 18.2 Å². The van der Waals surface area contributed by atoms with Gasteiger partial charge in [-0.25, -0.2) is 8.78 Å². The van der Waals surface area contributed by atoms with Crippen LogP contribution in [0.5, 0.6) is 0 Å². The molecule has 1 aromatic heterocycles. The van der Waals surface area contributed by atoms with Gasteiger partial charge in [0.2, 0.25) is 0 Å². The lowest BCUT2D eigenvalue weighted by Crippen LogP contribution is -2.13. The van der Waals surface area contributed by atoms with Gasteiger partial charge in [0.1, 0.15) is 11.6 Å². The van der Waals surface area contributed by atoms with Crippen LogP contribution in [0.4, 0.5) is 8.78 Å². The first-order valence-corrected chi connectivity index (χ1v) is 6.75. The zero-order valence-electron chi connectivity index (χ0n) is 11.8. The molecule has 0 spiro atoms. The first-order valence-electron chi connectivity index (χ1n) is 6.75. The summed E-state index contributed by atoms with van der Waals surface area (Å²) in [5, 5.41) is 3.78. The Balaban J connectivity index is 2.22. The zero-order chi connectivity index (χ0) is 15.0. The molecule has 0 fully saturated rings. The van der Waals surface area contributed by atoms with Crippen LogP contribution in [0, 0.1) is 11.6 Å². The SMILES string of the molecule is CNC(C)c1ccc(F)cc1-c1cc2cccc(F)c2o1. The third-order valence-electron chi connectivity index (χ3n) is 3.68. The van der Waals surface area contributed by atoms with E-state index in [1.165, 1.54) is 18.2 Å². The number of benzene rings is 2. The van der Waals surface area contributed by atoms with Gasteiger partial charge in [0.25, 0.3) is 0 Å². The molecular formula is C17H15F2NO. The van der Waals surface area contributed by atoms with Crippen molar-refractivity contribution in [1.82, 2.24) is 5.32 Å². The average Bonchev–Trinajstić information content (AvgIpc) is 2.92. The fraction of sp³-hybridized carbons (Fsp3) is 0.176. The van der Waals surface area contributed by atoms with Crippen molar-refractivity contribution in [3.63, 3.8) is 0 Å². The van der Waals surface area contributed by atoms with E-state index in [1.54, 1.807) is 24.3 Å². The van der Waals surface area contributed by atoms with Crippen LogP contribution in [-0.4, -0.2) is 7.05 Å². The second-order valence-corrected chi connectivity index (χ2v) is 5.01. The van der Waals surface area contributed by atoms with Crippen LogP contribution in [0.3, 0.4) is 0 Å². The van der Waals surface area contributed by atoms with Crippen molar-refractivity contribution in [3.05, 3.63) is 59.7 Å². The molecule has 0 saturated carbocycles. The molecule has 108 valence electrons. The van der Waals surface area contributed by atoms with E-state index in [0.717, 1.165) is 5.56 Å². The number of halogens is 2. The summed E-state index contributed by atoms with van der Waals surface area (Å²) in [6.07, 6.45) is 0. The Labute approximate surface area is 121 Å². The van der Waals surface area contributed by atoms with Crippen LogP contribution < -0.4 is 5.32 Å². The maximum atomic E-state index is 13.7. The van der Waals surface area contributed by atoms with Crippen LogP contribution in [0.2, 0.25) is 0 Å². The molecule has 3 aromatic rings. The molecule has 1 unspecified atom stereocenters. The number of hydrogen-bond acceptors (Lipinski definition) is 2.